The highest BCUT2D eigenvalue weighted by Crippen LogP contribution is 2.31. The molecule has 1 fully saturated rings. The van der Waals surface area contributed by atoms with Crippen molar-refractivity contribution in [2.24, 2.45) is 0 Å². The molecule has 1 aromatic heterocycles. The molecule has 0 spiro atoms. The van der Waals surface area contributed by atoms with E-state index in [1.807, 2.05) is 0 Å². The molecule has 174 valence electrons. The molecule has 10 heteroatoms. The van der Waals surface area contributed by atoms with E-state index in [-0.39, 0.29) is 24.2 Å². The molecule has 3 aromatic rings. The quantitative estimate of drug-likeness (QED) is 0.535. The molecule has 33 heavy (non-hydrogen) atoms. The number of aromatic nitrogens is 3. The first-order valence-corrected chi connectivity index (χ1v) is 11.0. The fourth-order valence-corrected chi connectivity index (χ4v) is 4.20. The highest BCUT2D eigenvalue weighted by Gasteiger charge is 2.30. The number of nitrogens with one attached hydrogen (secondary N) is 1. The molecule has 0 atom stereocenters. The summed E-state index contributed by atoms with van der Waals surface area (Å²) in [4.78, 5) is 30.3. The Labute approximate surface area is 192 Å². The van der Waals surface area contributed by atoms with Gasteiger partial charge in [0.05, 0.1) is 12.1 Å². The zero-order valence-corrected chi connectivity index (χ0v) is 18.4. The van der Waals surface area contributed by atoms with E-state index in [1.165, 1.54) is 21.3 Å². The van der Waals surface area contributed by atoms with Gasteiger partial charge in [-0.25, -0.2) is 14.2 Å². The molecule has 1 aliphatic carbocycles. The molecule has 2 aromatic carbocycles. The van der Waals surface area contributed by atoms with Crippen LogP contribution in [-0.2, 0) is 12.7 Å². The number of rotatable bonds is 5. The van der Waals surface area contributed by atoms with Crippen LogP contribution < -0.4 is 16.7 Å². The van der Waals surface area contributed by atoms with Gasteiger partial charge in [-0.3, -0.25) is 4.57 Å². The maximum Gasteiger partial charge on any atom is 0.416 e. The second-order valence-corrected chi connectivity index (χ2v) is 8.52. The van der Waals surface area contributed by atoms with Gasteiger partial charge in [0, 0.05) is 16.8 Å². The molecular formula is C23H22ClF3N4O2. The predicted molar refractivity (Wildman–Crippen MR) is 120 cm³/mol. The molecule has 1 aliphatic rings. The number of halogens is 4. The second kappa shape index (κ2) is 9.43. The topological polar surface area (TPSA) is 68.9 Å². The van der Waals surface area contributed by atoms with E-state index in [0.29, 0.717) is 17.9 Å². The first-order chi connectivity index (χ1) is 15.7. The molecule has 0 radical (unpaired) electrons. The molecule has 1 N–H and O–H groups in total. The van der Waals surface area contributed by atoms with Crippen molar-refractivity contribution in [3.63, 3.8) is 0 Å². The summed E-state index contributed by atoms with van der Waals surface area (Å²) in [5, 5.41) is 3.27. The lowest BCUT2D eigenvalue weighted by Gasteiger charge is -2.24. The minimum atomic E-state index is -4.53. The Morgan fingerprint density at radius 1 is 1.03 bits per heavy atom. The van der Waals surface area contributed by atoms with Crippen molar-refractivity contribution >= 4 is 23.2 Å². The Balaban J connectivity index is 1.79. The van der Waals surface area contributed by atoms with Crippen LogP contribution in [0.1, 0.15) is 49.3 Å². The summed E-state index contributed by atoms with van der Waals surface area (Å²) in [7, 11) is 0. The fourth-order valence-electron chi connectivity index (χ4n) is 4.07. The molecule has 0 unspecified atom stereocenters. The van der Waals surface area contributed by atoms with Crippen LogP contribution in [0.15, 0.2) is 58.1 Å². The number of hydrogen-bond acceptors (Lipinski definition) is 4. The summed E-state index contributed by atoms with van der Waals surface area (Å²) in [6.07, 6.45) is -0.239. The van der Waals surface area contributed by atoms with E-state index in [2.05, 4.69) is 10.3 Å². The normalized spacial score (nSPS) is 14.9. The van der Waals surface area contributed by atoms with Gasteiger partial charge in [-0.2, -0.15) is 18.2 Å². The highest BCUT2D eigenvalue weighted by molar-refractivity contribution is 6.30. The molecule has 0 amide bonds. The van der Waals surface area contributed by atoms with Gasteiger partial charge < -0.3 is 5.32 Å². The summed E-state index contributed by atoms with van der Waals surface area (Å²) in [5.74, 6) is -0.119. The maximum atomic E-state index is 13.4. The number of hydrogen-bond donors (Lipinski definition) is 1. The molecule has 4 rings (SSSR count). The number of nitrogens with zero attached hydrogens (tertiary/aromatic N) is 3. The van der Waals surface area contributed by atoms with Gasteiger partial charge >= 0.3 is 17.6 Å². The minimum absolute atomic E-state index is 0.0661. The smallest absolute Gasteiger partial charge is 0.325 e. The van der Waals surface area contributed by atoms with Crippen molar-refractivity contribution in [3.05, 3.63) is 85.6 Å². The van der Waals surface area contributed by atoms with Crippen molar-refractivity contribution in [2.75, 3.05) is 5.32 Å². The summed E-state index contributed by atoms with van der Waals surface area (Å²) in [5.41, 5.74) is -1.32. The zero-order valence-electron chi connectivity index (χ0n) is 17.6. The maximum absolute atomic E-state index is 13.4. The lowest BCUT2D eigenvalue weighted by Crippen LogP contribution is -2.45. The molecule has 6 nitrogen and oxygen atoms in total. The van der Waals surface area contributed by atoms with Gasteiger partial charge in [0.15, 0.2) is 0 Å². The molecule has 0 saturated heterocycles. The SMILES string of the molecule is O=c1nc(Nc2cccc(C(F)(F)F)c2)n(Cc2ccc(Cl)cc2)c(=O)n1C1CCCCC1. The Bertz CT molecular complexity index is 1250. The standard InChI is InChI=1S/C23H22ClF3N4O2/c24-17-11-9-15(10-12-17)14-30-20(28-18-6-4-5-16(13-18)23(25,26)27)29-21(32)31(22(30)33)19-7-2-1-3-8-19/h4-6,9-13,19H,1-3,7-8,14H2,(H,28,29,32). The number of anilines is 2. The van der Waals surface area contributed by atoms with Crippen molar-refractivity contribution in [2.45, 2.75) is 50.9 Å². The third kappa shape index (κ3) is 5.30. The lowest BCUT2D eigenvalue weighted by molar-refractivity contribution is -0.137. The third-order valence-electron chi connectivity index (χ3n) is 5.74. The van der Waals surface area contributed by atoms with Crippen molar-refractivity contribution in [1.82, 2.24) is 14.1 Å². The van der Waals surface area contributed by atoms with Gasteiger partial charge in [0.25, 0.3) is 0 Å². The zero-order chi connectivity index (χ0) is 23.6. The van der Waals surface area contributed by atoms with Gasteiger partial charge in [-0.1, -0.05) is 49.1 Å². The molecule has 0 bridgehead atoms. The van der Waals surface area contributed by atoms with E-state index in [4.69, 9.17) is 11.6 Å². The summed E-state index contributed by atoms with van der Waals surface area (Å²) in [6, 6.07) is 11.1. The van der Waals surface area contributed by atoms with Gasteiger partial charge in [0.2, 0.25) is 5.95 Å². The second-order valence-electron chi connectivity index (χ2n) is 8.08. The van der Waals surface area contributed by atoms with Crippen molar-refractivity contribution in [3.8, 4) is 0 Å². The van der Waals surface area contributed by atoms with Gasteiger partial charge in [0.1, 0.15) is 0 Å². The van der Waals surface area contributed by atoms with Crippen LogP contribution in [0.4, 0.5) is 24.8 Å². The lowest BCUT2D eigenvalue weighted by atomic mass is 9.95. The summed E-state index contributed by atoms with van der Waals surface area (Å²) < 4.78 is 41.8. The van der Waals surface area contributed by atoms with E-state index in [1.54, 1.807) is 24.3 Å². The van der Waals surface area contributed by atoms with Crippen molar-refractivity contribution in [1.29, 1.82) is 0 Å². The van der Waals surface area contributed by atoms with Crippen LogP contribution in [-0.4, -0.2) is 14.1 Å². The van der Waals surface area contributed by atoms with E-state index < -0.39 is 23.1 Å². The fraction of sp³-hybridized carbons (Fsp3) is 0.348. The van der Waals surface area contributed by atoms with Gasteiger partial charge in [-0.15, -0.1) is 0 Å². The van der Waals surface area contributed by atoms with Crippen molar-refractivity contribution < 1.29 is 13.2 Å². The Morgan fingerprint density at radius 2 is 1.73 bits per heavy atom. The van der Waals surface area contributed by atoms with Crippen LogP contribution in [0.2, 0.25) is 5.02 Å². The monoisotopic (exact) mass is 478 g/mol. The van der Waals surface area contributed by atoms with E-state index in [0.717, 1.165) is 37.0 Å². The Kier molecular flexibility index (Phi) is 6.60. The number of alkyl halides is 3. The first-order valence-electron chi connectivity index (χ1n) is 10.6. The Morgan fingerprint density at radius 3 is 2.39 bits per heavy atom. The third-order valence-corrected chi connectivity index (χ3v) is 5.99. The minimum Gasteiger partial charge on any atom is -0.325 e. The first kappa shape index (κ1) is 23.1. The average Bonchev–Trinajstić information content (AvgIpc) is 2.78. The van der Waals surface area contributed by atoms with Crippen LogP contribution in [0.3, 0.4) is 0 Å². The molecule has 1 heterocycles. The number of benzene rings is 2. The summed E-state index contributed by atoms with van der Waals surface area (Å²) >= 11 is 5.95. The predicted octanol–water partition coefficient (Wildman–Crippen LogP) is 5.37. The average molecular weight is 479 g/mol. The van der Waals surface area contributed by atoms with Crippen LogP contribution >= 0.6 is 11.6 Å². The van der Waals surface area contributed by atoms with E-state index >= 15 is 0 Å². The van der Waals surface area contributed by atoms with Crippen LogP contribution in [0.25, 0.3) is 0 Å². The molecule has 1 saturated carbocycles. The van der Waals surface area contributed by atoms with Gasteiger partial charge in [-0.05, 0) is 48.7 Å². The highest BCUT2D eigenvalue weighted by atomic mass is 35.5. The summed E-state index contributed by atoms with van der Waals surface area (Å²) in [6.45, 7) is 0.0668. The van der Waals surface area contributed by atoms with E-state index in [9.17, 15) is 22.8 Å². The van der Waals surface area contributed by atoms with Crippen LogP contribution in [0.5, 0.6) is 0 Å². The largest absolute Gasteiger partial charge is 0.416 e. The molecule has 0 aliphatic heterocycles. The van der Waals surface area contributed by atoms with Crippen LogP contribution in [0, 0.1) is 0 Å². The Hall–Kier alpha value is -3.07. The molecular weight excluding hydrogens is 457 g/mol.